The Morgan fingerprint density at radius 1 is 1.35 bits per heavy atom. The molecule has 0 aromatic carbocycles. The molecule has 0 aliphatic rings. The van der Waals surface area contributed by atoms with Gasteiger partial charge in [-0.25, -0.2) is 0 Å². The van der Waals surface area contributed by atoms with Crippen LogP contribution >= 0.6 is 0 Å². The summed E-state index contributed by atoms with van der Waals surface area (Å²) in [5.74, 6) is -0.334. The van der Waals surface area contributed by atoms with Gasteiger partial charge in [0.1, 0.15) is 6.79 Å². The lowest BCUT2D eigenvalue weighted by molar-refractivity contribution is -0.130. The van der Waals surface area contributed by atoms with Crippen molar-refractivity contribution in [2.45, 2.75) is 25.6 Å². The first-order valence-electron chi connectivity index (χ1n) is 5.75. The maximum atomic E-state index is 9.51. The monoisotopic (exact) mass is 248 g/mol. The highest BCUT2D eigenvalue weighted by atomic mass is 16.7. The fourth-order valence-electron chi connectivity index (χ4n) is 1.45. The normalized spacial score (nSPS) is 16.5. The van der Waals surface area contributed by atoms with Crippen molar-refractivity contribution >= 4 is 0 Å². The van der Waals surface area contributed by atoms with Gasteiger partial charge < -0.3 is 24.4 Å². The second kappa shape index (κ2) is 10.7. The summed E-state index contributed by atoms with van der Waals surface area (Å²) < 4.78 is 15.5. The number of hydrogen-bond acceptors (Lipinski definition) is 5. The summed E-state index contributed by atoms with van der Waals surface area (Å²) in [5, 5.41) is 18.7. The van der Waals surface area contributed by atoms with Gasteiger partial charge in [-0.2, -0.15) is 0 Å². The molecular formula is C12H24O5. The summed E-state index contributed by atoms with van der Waals surface area (Å²) in [4.78, 5) is 0. The van der Waals surface area contributed by atoms with E-state index in [4.69, 9.17) is 14.2 Å². The minimum Gasteiger partial charge on any atom is -0.396 e. The highest BCUT2D eigenvalue weighted by molar-refractivity contribution is 4.81. The van der Waals surface area contributed by atoms with Crippen molar-refractivity contribution < 1.29 is 24.4 Å². The zero-order valence-corrected chi connectivity index (χ0v) is 10.7. The Bertz CT molecular complexity index is 184. The Balaban J connectivity index is 3.99. The van der Waals surface area contributed by atoms with Gasteiger partial charge in [0.15, 0.2) is 0 Å². The molecular weight excluding hydrogens is 224 g/mol. The van der Waals surface area contributed by atoms with Gasteiger partial charge in [-0.05, 0) is 13.3 Å². The average molecular weight is 248 g/mol. The van der Waals surface area contributed by atoms with Crippen LogP contribution in [0, 0.1) is 5.92 Å². The summed E-state index contributed by atoms with van der Waals surface area (Å²) >= 11 is 0. The van der Waals surface area contributed by atoms with Crippen LogP contribution in [0.25, 0.3) is 0 Å². The number of aliphatic hydroxyl groups is 2. The van der Waals surface area contributed by atoms with Crippen LogP contribution in [0.1, 0.15) is 13.3 Å². The van der Waals surface area contributed by atoms with Crippen LogP contribution in [0.2, 0.25) is 0 Å². The van der Waals surface area contributed by atoms with Crippen molar-refractivity contribution in [3.05, 3.63) is 12.7 Å². The van der Waals surface area contributed by atoms with Crippen LogP contribution in [0.15, 0.2) is 12.7 Å². The highest BCUT2D eigenvalue weighted by Crippen LogP contribution is 2.16. The molecule has 102 valence electrons. The smallest absolute Gasteiger partial charge is 0.147 e. The summed E-state index contributed by atoms with van der Waals surface area (Å²) in [6, 6.07) is 0. The predicted octanol–water partition coefficient (Wildman–Crippen LogP) is 0.558. The topological polar surface area (TPSA) is 68.2 Å². The third-order valence-corrected chi connectivity index (χ3v) is 2.50. The molecule has 0 unspecified atom stereocenters. The van der Waals surface area contributed by atoms with Crippen LogP contribution in [0.4, 0.5) is 0 Å². The minimum atomic E-state index is -0.635. The Morgan fingerprint density at radius 2 is 2.06 bits per heavy atom. The third-order valence-electron chi connectivity index (χ3n) is 2.50. The quantitative estimate of drug-likeness (QED) is 0.318. The van der Waals surface area contributed by atoms with E-state index in [0.29, 0.717) is 19.6 Å². The van der Waals surface area contributed by atoms with Crippen LogP contribution in [0.3, 0.4) is 0 Å². The Labute approximate surface area is 103 Å². The SMILES string of the molecule is C=CC[C@@H](OCOCCOC)[C@H](CO)[C@H](C)O. The van der Waals surface area contributed by atoms with Crippen molar-refractivity contribution in [1.29, 1.82) is 0 Å². The van der Waals surface area contributed by atoms with E-state index >= 15 is 0 Å². The number of methoxy groups -OCH3 is 1. The molecule has 0 radical (unpaired) electrons. The van der Waals surface area contributed by atoms with E-state index in [1.165, 1.54) is 0 Å². The van der Waals surface area contributed by atoms with Crippen molar-refractivity contribution in [3.8, 4) is 0 Å². The number of rotatable bonds is 11. The fraction of sp³-hybridized carbons (Fsp3) is 0.833. The lowest BCUT2D eigenvalue weighted by Gasteiger charge is -2.27. The predicted molar refractivity (Wildman–Crippen MR) is 64.6 cm³/mol. The first-order chi connectivity index (χ1) is 8.17. The van der Waals surface area contributed by atoms with Crippen LogP contribution in [-0.4, -0.2) is 56.1 Å². The Hall–Kier alpha value is -0.460. The summed E-state index contributed by atoms with van der Waals surface area (Å²) in [5.41, 5.74) is 0. The van der Waals surface area contributed by atoms with E-state index in [9.17, 15) is 10.2 Å². The number of hydrogen-bond donors (Lipinski definition) is 2. The molecule has 5 nitrogen and oxygen atoms in total. The lowest BCUT2D eigenvalue weighted by atomic mass is 9.95. The summed E-state index contributed by atoms with van der Waals surface area (Å²) in [6.45, 7) is 6.21. The second-order valence-corrected chi connectivity index (χ2v) is 3.84. The molecule has 2 N–H and O–H groups in total. The van der Waals surface area contributed by atoms with Crippen molar-refractivity contribution in [2.24, 2.45) is 5.92 Å². The Kier molecular flexibility index (Phi) is 10.4. The molecule has 0 amide bonds. The molecule has 0 aromatic rings. The molecule has 5 heteroatoms. The summed E-state index contributed by atoms with van der Waals surface area (Å²) in [7, 11) is 1.60. The van der Waals surface area contributed by atoms with Gasteiger partial charge in [0.25, 0.3) is 0 Å². The van der Waals surface area contributed by atoms with Gasteiger partial charge in [0, 0.05) is 13.0 Å². The molecule has 3 atom stereocenters. The van der Waals surface area contributed by atoms with E-state index in [0.717, 1.165) is 0 Å². The molecule has 0 saturated heterocycles. The van der Waals surface area contributed by atoms with Crippen LogP contribution in [0.5, 0.6) is 0 Å². The van der Waals surface area contributed by atoms with Gasteiger partial charge in [-0.15, -0.1) is 6.58 Å². The Morgan fingerprint density at radius 3 is 2.53 bits per heavy atom. The van der Waals surface area contributed by atoms with E-state index in [1.54, 1.807) is 20.1 Å². The molecule has 0 aromatic heterocycles. The van der Waals surface area contributed by atoms with Crippen LogP contribution < -0.4 is 0 Å². The highest BCUT2D eigenvalue weighted by Gasteiger charge is 2.25. The zero-order valence-electron chi connectivity index (χ0n) is 10.7. The van der Waals surface area contributed by atoms with Gasteiger partial charge in [0.05, 0.1) is 32.0 Å². The minimum absolute atomic E-state index is 0.116. The van der Waals surface area contributed by atoms with Gasteiger partial charge >= 0.3 is 0 Å². The van der Waals surface area contributed by atoms with Gasteiger partial charge in [-0.3, -0.25) is 0 Å². The van der Waals surface area contributed by atoms with E-state index in [2.05, 4.69) is 6.58 Å². The maximum Gasteiger partial charge on any atom is 0.147 e. The van der Waals surface area contributed by atoms with E-state index in [-0.39, 0.29) is 25.4 Å². The third kappa shape index (κ3) is 7.46. The standard InChI is InChI=1S/C12H24O5/c1-4-5-12(11(8-13)10(2)14)17-9-16-7-6-15-3/h4,10-14H,1,5-9H2,2-3H3/t10-,11+,12+/m0/s1. The largest absolute Gasteiger partial charge is 0.396 e. The maximum absolute atomic E-state index is 9.51. The molecule has 0 rings (SSSR count). The van der Waals surface area contributed by atoms with Crippen molar-refractivity contribution in [3.63, 3.8) is 0 Å². The zero-order chi connectivity index (χ0) is 13.1. The molecule has 0 spiro atoms. The molecule has 0 aliphatic carbocycles. The number of ether oxygens (including phenoxy) is 3. The molecule has 0 heterocycles. The fourth-order valence-corrected chi connectivity index (χ4v) is 1.45. The second-order valence-electron chi connectivity index (χ2n) is 3.84. The van der Waals surface area contributed by atoms with E-state index in [1.807, 2.05) is 0 Å². The van der Waals surface area contributed by atoms with Gasteiger partial charge in [-0.1, -0.05) is 6.08 Å². The summed E-state index contributed by atoms with van der Waals surface area (Å²) in [6.07, 6.45) is 1.33. The van der Waals surface area contributed by atoms with Crippen LogP contribution in [-0.2, 0) is 14.2 Å². The van der Waals surface area contributed by atoms with E-state index < -0.39 is 6.10 Å². The average Bonchev–Trinajstić information content (AvgIpc) is 2.29. The lowest BCUT2D eigenvalue weighted by Crippen LogP contribution is -2.35. The van der Waals surface area contributed by atoms with Gasteiger partial charge in [0.2, 0.25) is 0 Å². The number of aliphatic hydroxyl groups excluding tert-OH is 2. The first kappa shape index (κ1) is 16.5. The van der Waals surface area contributed by atoms with Crippen molar-refractivity contribution in [1.82, 2.24) is 0 Å². The first-order valence-corrected chi connectivity index (χ1v) is 5.75. The molecule has 0 saturated carbocycles. The molecule has 0 bridgehead atoms. The van der Waals surface area contributed by atoms with Crippen molar-refractivity contribution in [2.75, 3.05) is 33.7 Å². The molecule has 0 aliphatic heterocycles. The molecule has 0 fully saturated rings. The molecule has 17 heavy (non-hydrogen) atoms.